The molecule has 10 heteroatoms. The van der Waals surface area contributed by atoms with Gasteiger partial charge in [0.25, 0.3) is 5.91 Å². The number of carbonyl (C=O) groups is 1. The Labute approximate surface area is 227 Å². The molecule has 0 unspecified atom stereocenters. The number of hydrogen-bond donors (Lipinski definition) is 2. The first-order chi connectivity index (χ1) is 19.0. The fourth-order valence-corrected chi connectivity index (χ4v) is 5.78. The molecule has 1 saturated heterocycles. The van der Waals surface area contributed by atoms with E-state index in [1.54, 1.807) is 30.5 Å². The lowest BCUT2D eigenvalue weighted by Gasteiger charge is -2.41. The predicted molar refractivity (Wildman–Crippen MR) is 151 cm³/mol. The minimum atomic E-state index is -0.547. The number of para-hydroxylation sites is 1. The van der Waals surface area contributed by atoms with Crippen LogP contribution in [-0.4, -0.2) is 74.7 Å². The number of primary amides is 1. The number of nitrogen functional groups attached to an aromatic ring is 1. The molecular weight excluding hydrogens is 492 g/mol. The van der Waals surface area contributed by atoms with E-state index in [0.29, 0.717) is 34.7 Å². The van der Waals surface area contributed by atoms with Crippen LogP contribution in [0, 0.1) is 0 Å². The first kappa shape index (κ1) is 25.3. The Kier molecular flexibility index (Phi) is 6.88. The van der Waals surface area contributed by atoms with Gasteiger partial charge in [-0.1, -0.05) is 24.3 Å². The van der Waals surface area contributed by atoms with Crippen molar-refractivity contribution in [1.29, 1.82) is 0 Å². The number of fused-ring (bicyclic) bond motifs is 1. The number of ether oxygens (including phenoxy) is 1. The van der Waals surface area contributed by atoms with E-state index in [9.17, 15) is 4.79 Å². The van der Waals surface area contributed by atoms with Gasteiger partial charge >= 0.3 is 0 Å². The highest BCUT2D eigenvalue weighted by Crippen LogP contribution is 2.35. The number of nitrogens with zero attached hydrogens (tertiary/aromatic N) is 6. The minimum Gasteiger partial charge on any atom is -0.457 e. The number of anilines is 1. The van der Waals surface area contributed by atoms with Crippen LogP contribution in [0.15, 0.2) is 54.7 Å². The van der Waals surface area contributed by atoms with Gasteiger partial charge in [0.2, 0.25) is 0 Å². The molecule has 1 amide bonds. The van der Waals surface area contributed by atoms with Crippen molar-refractivity contribution in [1.82, 2.24) is 29.5 Å². The fourth-order valence-electron chi connectivity index (χ4n) is 5.78. The van der Waals surface area contributed by atoms with Crippen LogP contribution >= 0.6 is 0 Å². The van der Waals surface area contributed by atoms with Crippen LogP contribution in [0.2, 0.25) is 0 Å². The molecule has 202 valence electrons. The molecule has 1 saturated carbocycles. The first-order valence-electron chi connectivity index (χ1n) is 13.6. The van der Waals surface area contributed by atoms with E-state index < -0.39 is 5.91 Å². The topological polar surface area (TPSA) is 128 Å². The molecule has 2 aromatic carbocycles. The number of nitrogens with two attached hydrogens (primary N) is 2. The monoisotopic (exact) mass is 526 g/mol. The van der Waals surface area contributed by atoms with Crippen molar-refractivity contribution in [3.8, 4) is 22.9 Å². The zero-order valence-electron chi connectivity index (χ0n) is 22.2. The van der Waals surface area contributed by atoms with Crippen molar-refractivity contribution in [2.75, 3.05) is 39.0 Å². The Morgan fingerprint density at radius 2 is 1.69 bits per heavy atom. The molecule has 39 heavy (non-hydrogen) atoms. The van der Waals surface area contributed by atoms with E-state index in [1.165, 1.54) is 0 Å². The summed E-state index contributed by atoms with van der Waals surface area (Å²) in [7, 11) is 2.20. The van der Waals surface area contributed by atoms with Crippen LogP contribution in [0.4, 0.5) is 5.82 Å². The van der Waals surface area contributed by atoms with Gasteiger partial charge in [0.05, 0.1) is 23.2 Å². The van der Waals surface area contributed by atoms with Crippen LogP contribution in [0.1, 0.15) is 42.1 Å². The van der Waals surface area contributed by atoms with Gasteiger partial charge in [-0.3, -0.25) is 9.69 Å². The van der Waals surface area contributed by atoms with Gasteiger partial charge in [0.1, 0.15) is 17.3 Å². The Morgan fingerprint density at radius 1 is 0.949 bits per heavy atom. The molecule has 0 radical (unpaired) electrons. The summed E-state index contributed by atoms with van der Waals surface area (Å²) in [4.78, 5) is 26.4. The molecule has 2 aliphatic rings. The number of hydrogen-bond acceptors (Lipinski definition) is 8. The van der Waals surface area contributed by atoms with E-state index >= 15 is 0 Å². The highest BCUT2D eigenvalue weighted by atomic mass is 16.5. The highest BCUT2D eigenvalue weighted by molar-refractivity contribution is 5.95. The van der Waals surface area contributed by atoms with Crippen molar-refractivity contribution in [3.63, 3.8) is 0 Å². The summed E-state index contributed by atoms with van der Waals surface area (Å²) in [5, 5.41) is 5.47. The van der Waals surface area contributed by atoms with Crippen molar-refractivity contribution in [2.24, 2.45) is 5.73 Å². The maximum atomic E-state index is 11.8. The maximum absolute atomic E-state index is 11.8. The third kappa shape index (κ3) is 5.17. The van der Waals surface area contributed by atoms with Gasteiger partial charge in [0.15, 0.2) is 11.5 Å². The van der Waals surface area contributed by atoms with Crippen molar-refractivity contribution in [2.45, 2.75) is 37.8 Å². The molecule has 1 aliphatic heterocycles. The largest absolute Gasteiger partial charge is 0.457 e. The standard InChI is InChI=1S/C29H34N8O2/c1-35-13-15-36(16-14-35)20-9-11-21(12-10-20)37-29-24(18-32-37)26(30)33-28(34-29)19-5-4-6-22(17-19)39-25-8-3-2-7-23(25)27(31)38/h2-8,17-18,20-21H,9-16H2,1H3,(H2,31,38)(H2,30,33,34). The molecule has 1 aliphatic carbocycles. The lowest BCUT2D eigenvalue weighted by Crippen LogP contribution is -2.49. The molecule has 4 aromatic rings. The quantitative estimate of drug-likeness (QED) is 0.389. The Bertz CT molecular complexity index is 1490. The maximum Gasteiger partial charge on any atom is 0.252 e. The molecule has 3 heterocycles. The number of amides is 1. The van der Waals surface area contributed by atoms with E-state index in [1.807, 2.05) is 28.9 Å². The number of likely N-dealkylation sites (N-methyl/N-ethyl adjacent to an activating group) is 1. The van der Waals surface area contributed by atoms with Crippen LogP contribution in [0.3, 0.4) is 0 Å². The number of benzene rings is 2. The van der Waals surface area contributed by atoms with Crippen molar-refractivity contribution >= 4 is 22.8 Å². The van der Waals surface area contributed by atoms with E-state index in [2.05, 4.69) is 21.8 Å². The van der Waals surface area contributed by atoms with Crippen LogP contribution < -0.4 is 16.2 Å². The van der Waals surface area contributed by atoms with Gasteiger partial charge in [-0.2, -0.15) is 5.10 Å². The molecule has 0 bridgehead atoms. The summed E-state index contributed by atoms with van der Waals surface area (Å²) < 4.78 is 8.05. The Hall–Kier alpha value is -4.02. The molecule has 0 spiro atoms. The molecule has 10 nitrogen and oxygen atoms in total. The number of aromatic nitrogens is 4. The third-order valence-electron chi connectivity index (χ3n) is 8.02. The van der Waals surface area contributed by atoms with Gasteiger partial charge < -0.3 is 21.1 Å². The van der Waals surface area contributed by atoms with Gasteiger partial charge in [-0.15, -0.1) is 0 Å². The summed E-state index contributed by atoms with van der Waals surface area (Å²) >= 11 is 0. The minimum absolute atomic E-state index is 0.285. The average Bonchev–Trinajstić information content (AvgIpc) is 3.39. The van der Waals surface area contributed by atoms with Crippen LogP contribution in [0.25, 0.3) is 22.4 Å². The number of piperazine rings is 1. The molecule has 6 rings (SSSR count). The molecular formula is C29H34N8O2. The summed E-state index contributed by atoms with van der Waals surface area (Å²) in [5.41, 5.74) is 13.7. The van der Waals surface area contributed by atoms with E-state index in [4.69, 9.17) is 26.3 Å². The SMILES string of the molecule is CN1CCN(C2CCC(n3ncc4c(N)nc(-c5cccc(Oc6ccccc6C(N)=O)c5)nc43)CC2)CC1. The average molecular weight is 527 g/mol. The number of carbonyl (C=O) groups excluding carboxylic acids is 1. The van der Waals surface area contributed by atoms with Crippen molar-refractivity contribution < 1.29 is 9.53 Å². The summed E-state index contributed by atoms with van der Waals surface area (Å²) in [6, 6.07) is 15.2. The molecule has 4 N–H and O–H groups in total. The van der Waals surface area contributed by atoms with Crippen LogP contribution in [-0.2, 0) is 0 Å². The zero-order valence-corrected chi connectivity index (χ0v) is 22.2. The fraction of sp³-hybridized carbons (Fsp3) is 0.379. The summed E-state index contributed by atoms with van der Waals surface area (Å²) in [6.45, 7) is 4.60. The lowest BCUT2D eigenvalue weighted by molar-refractivity contribution is 0.0815. The second-order valence-electron chi connectivity index (χ2n) is 10.6. The van der Waals surface area contributed by atoms with Crippen molar-refractivity contribution in [3.05, 3.63) is 60.3 Å². The van der Waals surface area contributed by atoms with Gasteiger partial charge in [-0.25, -0.2) is 14.6 Å². The third-order valence-corrected chi connectivity index (χ3v) is 8.02. The summed E-state index contributed by atoms with van der Waals surface area (Å²) in [6.07, 6.45) is 6.23. The van der Waals surface area contributed by atoms with Crippen LogP contribution in [0.5, 0.6) is 11.5 Å². The smallest absolute Gasteiger partial charge is 0.252 e. The molecule has 0 atom stereocenters. The van der Waals surface area contributed by atoms with Gasteiger partial charge in [-0.05, 0) is 57.0 Å². The number of rotatable bonds is 6. The normalized spacial score (nSPS) is 20.7. The van der Waals surface area contributed by atoms with Gasteiger partial charge in [0, 0.05) is 37.8 Å². The zero-order chi connectivity index (χ0) is 26.9. The summed E-state index contributed by atoms with van der Waals surface area (Å²) in [5.74, 6) is 1.29. The first-order valence-corrected chi connectivity index (χ1v) is 13.6. The second-order valence-corrected chi connectivity index (χ2v) is 10.6. The van der Waals surface area contributed by atoms with E-state index in [0.717, 1.165) is 68.5 Å². The highest BCUT2D eigenvalue weighted by Gasteiger charge is 2.30. The predicted octanol–water partition coefficient (Wildman–Crippen LogP) is 3.70. The van der Waals surface area contributed by atoms with E-state index in [-0.39, 0.29) is 6.04 Å². The molecule has 2 aromatic heterocycles. The Balaban J connectivity index is 1.23. The lowest BCUT2D eigenvalue weighted by atomic mass is 9.90. The molecule has 2 fully saturated rings. The second kappa shape index (κ2) is 10.6. The Morgan fingerprint density at radius 3 is 2.46 bits per heavy atom.